The van der Waals surface area contributed by atoms with Crippen LogP contribution in [0.4, 0.5) is 0 Å². The molecule has 1 aromatic rings. The van der Waals surface area contributed by atoms with Crippen molar-refractivity contribution >= 4 is 23.1 Å². The zero-order valence-electron chi connectivity index (χ0n) is 17.1. The van der Waals surface area contributed by atoms with Gasteiger partial charge in [-0.1, -0.05) is 13.0 Å². The molecule has 4 rings (SSSR count). The standard InChI is InChI=1S/C23H24O7/c1-4-11-5-9(2)19(26)18-14(11)7-12-6-13-8-15(25)16(10(3)24)21(28)23(13,30)22(29)17(12)20(18)27/h5,12-13,26-28,30H,4,6-8H2,1-3H3/t12-,13+,23-/m1/s1. The quantitative estimate of drug-likeness (QED) is 0.548. The summed E-state index contributed by atoms with van der Waals surface area (Å²) in [5.74, 6) is -5.10. The van der Waals surface area contributed by atoms with E-state index in [1.54, 1.807) is 6.92 Å². The van der Waals surface area contributed by atoms with E-state index in [9.17, 15) is 34.8 Å². The van der Waals surface area contributed by atoms with Crippen molar-refractivity contribution in [3.8, 4) is 5.75 Å². The van der Waals surface area contributed by atoms with Gasteiger partial charge in [-0.15, -0.1) is 0 Å². The summed E-state index contributed by atoms with van der Waals surface area (Å²) in [5.41, 5.74) is -0.662. The number of hydrogen-bond donors (Lipinski definition) is 4. The van der Waals surface area contributed by atoms with Gasteiger partial charge in [0, 0.05) is 17.9 Å². The number of aryl methyl sites for hydroxylation is 2. The molecule has 0 aliphatic heterocycles. The highest BCUT2D eigenvalue weighted by Crippen LogP contribution is 2.52. The van der Waals surface area contributed by atoms with Gasteiger partial charge in [0.25, 0.3) is 0 Å². The maximum absolute atomic E-state index is 13.4. The van der Waals surface area contributed by atoms with Crippen molar-refractivity contribution in [2.75, 3.05) is 0 Å². The molecule has 0 saturated heterocycles. The second-order valence-electron chi connectivity index (χ2n) is 8.51. The van der Waals surface area contributed by atoms with E-state index in [1.165, 1.54) is 0 Å². The summed E-state index contributed by atoms with van der Waals surface area (Å²) in [6.45, 7) is 4.74. The Balaban J connectivity index is 1.96. The first kappa shape index (κ1) is 20.3. The molecule has 30 heavy (non-hydrogen) atoms. The first-order valence-electron chi connectivity index (χ1n) is 10.1. The Morgan fingerprint density at radius 3 is 2.47 bits per heavy atom. The fraction of sp³-hybridized carbons (Fsp3) is 0.435. The van der Waals surface area contributed by atoms with E-state index >= 15 is 0 Å². The topological polar surface area (TPSA) is 132 Å². The Hall–Kier alpha value is -2.93. The van der Waals surface area contributed by atoms with Crippen LogP contribution in [0.5, 0.6) is 5.75 Å². The normalized spacial score (nSPS) is 28.3. The molecule has 1 saturated carbocycles. The Morgan fingerprint density at radius 2 is 1.87 bits per heavy atom. The minimum Gasteiger partial charge on any atom is -0.508 e. The number of aliphatic hydroxyl groups excluding tert-OH is 2. The molecule has 0 radical (unpaired) electrons. The lowest BCUT2D eigenvalue weighted by Crippen LogP contribution is -2.57. The van der Waals surface area contributed by atoms with E-state index in [0.29, 0.717) is 18.4 Å². The van der Waals surface area contributed by atoms with Crippen molar-refractivity contribution in [2.45, 2.75) is 52.1 Å². The lowest BCUT2D eigenvalue weighted by Gasteiger charge is -2.46. The van der Waals surface area contributed by atoms with Crippen LogP contribution in [0.25, 0.3) is 5.76 Å². The lowest BCUT2D eigenvalue weighted by atomic mass is 9.59. The first-order chi connectivity index (χ1) is 14.0. The number of rotatable bonds is 2. The van der Waals surface area contributed by atoms with Gasteiger partial charge >= 0.3 is 0 Å². The highest BCUT2D eigenvalue weighted by atomic mass is 16.3. The summed E-state index contributed by atoms with van der Waals surface area (Å²) in [6.07, 6.45) is 0.977. The number of fused-ring (bicyclic) bond motifs is 3. The van der Waals surface area contributed by atoms with Crippen LogP contribution in [-0.2, 0) is 27.2 Å². The van der Waals surface area contributed by atoms with Crippen LogP contribution in [0, 0.1) is 18.8 Å². The molecule has 158 valence electrons. The first-order valence-corrected chi connectivity index (χ1v) is 10.1. The summed E-state index contributed by atoms with van der Waals surface area (Å²) >= 11 is 0. The van der Waals surface area contributed by atoms with Crippen molar-refractivity contribution in [3.63, 3.8) is 0 Å². The van der Waals surface area contributed by atoms with Gasteiger partial charge in [-0.05, 0) is 55.7 Å². The predicted octanol–water partition coefficient (Wildman–Crippen LogP) is 2.40. The highest BCUT2D eigenvalue weighted by molar-refractivity contribution is 6.23. The van der Waals surface area contributed by atoms with Crippen molar-refractivity contribution in [1.82, 2.24) is 0 Å². The van der Waals surface area contributed by atoms with Crippen LogP contribution in [0.3, 0.4) is 0 Å². The molecule has 0 bridgehead atoms. The van der Waals surface area contributed by atoms with Crippen LogP contribution >= 0.6 is 0 Å². The van der Waals surface area contributed by atoms with Crippen LogP contribution in [-0.4, -0.2) is 43.4 Å². The number of Topliss-reactive ketones (excluding diaryl/α,β-unsaturated/α-hetero) is 3. The molecule has 0 aromatic heterocycles. The van der Waals surface area contributed by atoms with Crippen molar-refractivity contribution in [1.29, 1.82) is 0 Å². The molecular formula is C23H24O7. The number of allylic oxidation sites excluding steroid dienone is 1. The Labute approximate surface area is 173 Å². The zero-order chi connectivity index (χ0) is 22.1. The fourth-order valence-electron chi connectivity index (χ4n) is 5.34. The second kappa shape index (κ2) is 6.54. The zero-order valence-corrected chi connectivity index (χ0v) is 17.1. The molecule has 0 amide bonds. The van der Waals surface area contributed by atoms with E-state index in [1.807, 2.05) is 13.0 Å². The van der Waals surface area contributed by atoms with Gasteiger partial charge in [0.05, 0.1) is 5.56 Å². The second-order valence-corrected chi connectivity index (χ2v) is 8.51. The molecule has 3 aliphatic rings. The number of aliphatic hydroxyl groups is 3. The number of ketones is 3. The summed E-state index contributed by atoms with van der Waals surface area (Å²) in [4.78, 5) is 37.7. The van der Waals surface area contributed by atoms with E-state index in [0.717, 1.165) is 18.1 Å². The van der Waals surface area contributed by atoms with Gasteiger partial charge < -0.3 is 20.4 Å². The third-order valence-electron chi connectivity index (χ3n) is 6.83. The van der Waals surface area contributed by atoms with Crippen LogP contribution in [0.2, 0.25) is 0 Å². The average Bonchev–Trinajstić information content (AvgIpc) is 2.67. The summed E-state index contributed by atoms with van der Waals surface area (Å²) in [5, 5.41) is 43.4. The van der Waals surface area contributed by atoms with E-state index in [2.05, 4.69) is 0 Å². The largest absolute Gasteiger partial charge is 0.508 e. The number of carbonyl (C=O) groups excluding carboxylic acids is 3. The van der Waals surface area contributed by atoms with Crippen molar-refractivity contribution in [2.24, 2.45) is 11.8 Å². The van der Waals surface area contributed by atoms with Gasteiger partial charge in [0.2, 0.25) is 5.78 Å². The van der Waals surface area contributed by atoms with Crippen LogP contribution in [0.1, 0.15) is 48.9 Å². The van der Waals surface area contributed by atoms with E-state index in [-0.39, 0.29) is 29.7 Å². The summed E-state index contributed by atoms with van der Waals surface area (Å²) in [6, 6.07) is 1.85. The predicted molar refractivity (Wildman–Crippen MR) is 107 cm³/mol. The van der Waals surface area contributed by atoms with Gasteiger partial charge in [0.15, 0.2) is 17.2 Å². The maximum atomic E-state index is 13.4. The minimum absolute atomic E-state index is 0.0759. The number of hydrogen-bond acceptors (Lipinski definition) is 7. The third-order valence-corrected chi connectivity index (χ3v) is 6.83. The van der Waals surface area contributed by atoms with E-state index < -0.39 is 51.9 Å². The molecule has 1 aromatic carbocycles. The molecule has 4 N–H and O–H groups in total. The van der Waals surface area contributed by atoms with Crippen molar-refractivity contribution in [3.05, 3.63) is 45.2 Å². The molecule has 7 nitrogen and oxygen atoms in total. The fourth-order valence-corrected chi connectivity index (χ4v) is 5.34. The Bertz CT molecular complexity index is 1090. The SMILES string of the molecule is CCc1cc(C)c(O)c2c1C[C@H]1C[C@H]3CC(=O)C(C(C)=O)=C(O)[C@@]3(O)C(=O)C1=C2O. The molecule has 0 unspecified atom stereocenters. The summed E-state index contributed by atoms with van der Waals surface area (Å²) in [7, 11) is 0. The average molecular weight is 412 g/mol. The number of phenols is 1. The molecule has 7 heteroatoms. The van der Waals surface area contributed by atoms with E-state index in [4.69, 9.17) is 0 Å². The van der Waals surface area contributed by atoms with Gasteiger partial charge in [-0.3, -0.25) is 14.4 Å². The molecule has 3 aliphatic carbocycles. The van der Waals surface area contributed by atoms with Gasteiger partial charge in [0.1, 0.15) is 22.8 Å². The molecule has 0 spiro atoms. The summed E-state index contributed by atoms with van der Waals surface area (Å²) < 4.78 is 0. The minimum atomic E-state index is -2.45. The van der Waals surface area contributed by atoms with Gasteiger partial charge in [-0.2, -0.15) is 0 Å². The van der Waals surface area contributed by atoms with Gasteiger partial charge in [-0.25, -0.2) is 0 Å². The highest BCUT2D eigenvalue weighted by Gasteiger charge is 2.60. The molecule has 0 heterocycles. The lowest BCUT2D eigenvalue weighted by molar-refractivity contribution is -0.147. The van der Waals surface area contributed by atoms with Crippen LogP contribution in [0.15, 0.2) is 23.0 Å². The molecular weight excluding hydrogens is 388 g/mol. The maximum Gasteiger partial charge on any atom is 0.202 e. The molecule has 3 atom stereocenters. The monoisotopic (exact) mass is 412 g/mol. The Morgan fingerprint density at radius 1 is 1.20 bits per heavy atom. The number of benzene rings is 1. The smallest absolute Gasteiger partial charge is 0.202 e. The molecule has 1 fully saturated rings. The van der Waals surface area contributed by atoms with Crippen LogP contribution < -0.4 is 0 Å². The number of carbonyl (C=O) groups is 3. The van der Waals surface area contributed by atoms with Crippen molar-refractivity contribution < 1.29 is 34.8 Å². The number of aromatic hydroxyl groups is 1. The third kappa shape index (κ3) is 2.45. The number of phenolic OH excluding ortho intramolecular Hbond substituents is 1. The Kier molecular flexibility index (Phi) is 4.43.